The molecule has 2 heteroatoms. The molecule has 0 aliphatic carbocycles. The first-order chi connectivity index (χ1) is 8.25. The van der Waals surface area contributed by atoms with E-state index in [0.29, 0.717) is 0 Å². The predicted molar refractivity (Wildman–Crippen MR) is 73.3 cm³/mol. The van der Waals surface area contributed by atoms with Crippen LogP contribution in [0.1, 0.15) is 5.56 Å². The van der Waals surface area contributed by atoms with Crippen molar-refractivity contribution in [3.8, 4) is 11.1 Å². The van der Waals surface area contributed by atoms with E-state index in [1.54, 1.807) is 0 Å². The second kappa shape index (κ2) is 3.81. The maximum absolute atomic E-state index is 6.01. The molecule has 0 atom stereocenters. The Bertz CT molecular complexity index is 561. The van der Waals surface area contributed by atoms with Gasteiger partial charge in [-0.3, -0.25) is 0 Å². The fourth-order valence-corrected chi connectivity index (χ4v) is 2.49. The molecule has 0 unspecified atom stereocenters. The average Bonchev–Trinajstić information content (AvgIpc) is 2.71. The summed E-state index contributed by atoms with van der Waals surface area (Å²) in [4.78, 5) is 2.30. The summed E-state index contributed by atoms with van der Waals surface area (Å²) in [7, 11) is 2.14. The molecule has 0 saturated carbocycles. The minimum atomic E-state index is 0.846. The van der Waals surface area contributed by atoms with Crippen LogP contribution in [0, 0.1) is 0 Å². The van der Waals surface area contributed by atoms with Crippen LogP contribution < -0.4 is 10.6 Å². The molecular formula is C15H16N2. The molecule has 0 aromatic heterocycles. The number of nitrogens with two attached hydrogens (primary N) is 1. The van der Waals surface area contributed by atoms with E-state index in [9.17, 15) is 0 Å². The third-order valence-corrected chi connectivity index (χ3v) is 3.48. The lowest BCUT2D eigenvalue weighted by Gasteiger charge is -2.12. The van der Waals surface area contributed by atoms with Crippen LogP contribution in [0.5, 0.6) is 0 Å². The zero-order valence-electron chi connectivity index (χ0n) is 9.98. The summed E-state index contributed by atoms with van der Waals surface area (Å²) in [6, 6.07) is 14.7. The zero-order valence-corrected chi connectivity index (χ0v) is 9.98. The van der Waals surface area contributed by atoms with Crippen molar-refractivity contribution in [2.45, 2.75) is 6.42 Å². The van der Waals surface area contributed by atoms with E-state index in [2.05, 4.69) is 36.2 Å². The Morgan fingerprint density at radius 3 is 2.76 bits per heavy atom. The molecule has 1 heterocycles. The summed E-state index contributed by atoms with van der Waals surface area (Å²) in [5, 5.41) is 0. The van der Waals surface area contributed by atoms with Gasteiger partial charge in [-0.05, 0) is 35.7 Å². The third-order valence-electron chi connectivity index (χ3n) is 3.48. The quantitative estimate of drug-likeness (QED) is 0.755. The largest absolute Gasteiger partial charge is 0.398 e. The van der Waals surface area contributed by atoms with Gasteiger partial charge < -0.3 is 10.6 Å². The van der Waals surface area contributed by atoms with Crippen LogP contribution in [0.4, 0.5) is 11.4 Å². The lowest BCUT2D eigenvalue weighted by molar-refractivity contribution is 0.956. The van der Waals surface area contributed by atoms with Crippen LogP contribution in [-0.2, 0) is 6.42 Å². The summed E-state index contributed by atoms with van der Waals surface area (Å²) in [6.07, 6.45) is 1.13. The summed E-state index contributed by atoms with van der Waals surface area (Å²) in [5.41, 5.74) is 12.0. The van der Waals surface area contributed by atoms with Crippen LogP contribution in [0.3, 0.4) is 0 Å². The van der Waals surface area contributed by atoms with E-state index in [4.69, 9.17) is 5.73 Å². The maximum atomic E-state index is 6.01. The number of nitrogen functional groups attached to an aromatic ring is 1. The van der Waals surface area contributed by atoms with Gasteiger partial charge in [0.1, 0.15) is 0 Å². The molecule has 0 spiro atoms. The monoisotopic (exact) mass is 224 g/mol. The number of hydrogen-bond donors (Lipinski definition) is 1. The molecule has 2 N–H and O–H groups in total. The van der Waals surface area contributed by atoms with Crippen molar-refractivity contribution in [1.82, 2.24) is 0 Å². The van der Waals surface area contributed by atoms with E-state index in [-0.39, 0.29) is 0 Å². The first-order valence-electron chi connectivity index (χ1n) is 5.94. The number of anilines is 2. The molecular weight excluding hydrogens is 208 g/mol. The maximum Gasteiger partial charge on any atom is 0.0397 e. The van der Waals surface area contributed by atoms with Gasteiger partial charge in [-0.15, -0.1) is 0 Å². The van der Waals surface area contributed by atoms with Crippen LogP contribution in [-0.4, -0.2) is 13.6 Å². The highest BCUT2D eigenvalue weighted by Crippen LogP contribution is 2.33. The number of benzene rings is 2. The summed E-state index contributed by atoms with van der Waals surface area (Å²) in [5.74, 6) is 0. The van der Waals surface area contributed by atoms with Gasteiger partial charge in [0.15, 0.2) is 0 Å². The molecule has 2 nitrogen and oxygen atoms in total. The third kappa shape index (κ3) is 1.66. The highest BCUT2D eigenvalue weighted by molar-refractivity contribution is 5.78. The van der Waals surface area contributed by atoms with Gasteiger partial charge in [-0.1, -0.05) is 24.3 Å². The molecule has 0 fully saturated rings. The molecule has 0 radical (unpaired) electrons. The van der Waals surface area contributed by atoms with Gasteiger partial charge in [0.2, 0.25) is 0 Å². The van der Waals surface area contributed by atoms with Gasteiger partial charge in [-0.2, -0.15) is 0 Å². The Kier molecular flexibility index (Phi) is 2.29. The molecule has 0 saturated heterocycles. The van der Waals surface area contributed by atoms with Gasteiger partial charge in [-0.25, -0.2) is 0 Å². The van der Waals surface area contributed by atoms with E-state index in [1.165, 1.54) is 16.8 Å². The molecule has 1 aliphatic heterocycles. The van der Waals surface area contributed by atoms with Crippen LogP contribution in [0.2, 0.25) is 0 Å². The lowest BCUT2D eigenvalue weighted by atomic mass is 10.0. The van der Waals surface area contributed by atoms with E-state index in [1.807, 2.05) is 18.2 Å². The van der Waals surface area contributed by atoms with Crippen molar-refractivity contribution in [2.24, 2.45) is 0 Å². The molecule has 17 heavy (non-hydrogen) atoms. The van der Waals surface area contributed by atoms with Crippen molar-refractivity contribution in [2.75, 3.05) is 24.2 Å². The molecule has 0 bridgehead atoms. The van der Waals surface area contributed by atoms with Crippen molar-refractivity contribution >= 4 is 11.4 Å². The van der Waals surface area contributed by atoms with Crippen molar-refractivity contribution in [1.29, 1.82) is 0 Å². The number of nitrogens with zero attached hydrogens (tertiary/aromatic N) is 1. The first kappa shape index (κ1) is 10.2. The normalized spacial score (nSPS) is 13.8. The highest BCUT2D eigenvalue weighted by Gasteiger charge is 2.16. The Labute approximate surface area is 102 Å². The minimum absolute atomic E-state index is 0.846. The number of likely N-dealkylation sites (N-methyl/N-ethyl adjacent to an activating group) is 1. The smallest absolute Gasteiger partial charge is 0.0397 e. The van der Waals surface area contributed by atoms with Crippen LogP contribution in [0.25, 0.3) is 11.1 Å². The Morgan fingerprint density at radius 1 is 1.12 bits per heavy atom. The van der Waals surface area contributed by atoms with E-state index < -0.39 is 0 Å². The number of fused-ring (bicyclic) bond motifs is 1. The van der Waals surface area contributed by atoms with Gasteiger partial charge in [0, 0.05) is 30.5 Å². The zero-order chi connectivity index (χ0) is 11.8. The van der Waals surface area contributed by atoms with Gasteiger partial charge >= 0.3 is 0 Å². The fraction of sp³-hybridized carbons (Fsp3) is 0.200. The molecule has 3 rings (SSSR count). The highest BCUT2D eigenvalue weighted by atomic mass is 15.1. The lowest BCUT2D eigenvalue weighted by Crippen LogP contribution is -2.12. The SMILES string of the molecule is CN1CCc2cc(-c3ccccc3N)ccc21. The molecule has 1 aliphatic rings. The molecule has 86 valence electrons. The molecule has 0 amide bonds. The average molecular weight is 224 g/mol. The van der Waals surface area contributed by atoms with Crippen LogP contribution in [0.15, 0.2) is 42.5 Å². The van der Waals surface area contributed by atoms with Crippen LogP contribution >= 0.6 is 0 Å². The Hall–Kier alpha value is -1.96. The number of rotatable bonds is 1. The summed E-state index contributed by atoms with van der Waals surface area (Å²) >= 11 is 0. The van der Waals surface area contributed by atoms with Gasteiger partial charge in [0.05, 0.1) is 0 Å². The second-order valence-corrected chi connectivity index (χ2v) is 4.60. The number of hydrogen-bond acceptors (Lipinski definition) is 2. The van der Waals surface area contributed by atoms with E-state index in [0.717, 1.165) is 24.2 Å². The minimum Gasteiger partial charge on any atom is -0.398 e. The van der Waals surface area contributed by atoms with E-state index >= 15 is 0 Å². The fourth-order valence-electron chi connectivity index (χ4n) is 2.49. The standard InChI is InChI=1S/C15H16N2/c1-17-9-8-12-10-11(6-7-15(12)17)13-4-2-3-5-14(13)16/h2-7,10H,8-9,16H2,1H3. The molecule has 2 aromatic carbocycles. The second-order valence-electron chi connectivity index (χ2n) is 4.60. The first-order valence-corrected chi connectivity index (χ1v) is 5.94. The van der Waals surface area contributed by atoms with Crippen molar-refractivity contribution < 1.29 is 0 Å². The summed E-state index contributed by atoms with van der Waals surface area (Å²) in [6.45, 7) is 1.11. The topological polar surface area (TPSA) is 29.3 Å². The Morgan fingerprint density at radius 2 is 1.94 bits per heavy atom. The van der Waals surface area contributed by atoms with Crippen molar-refractivity contribution in [3.63, 3.8) is 0 Å². The summed E-state index contributed by atoms with van der Waals surface area (Å²) < 4.78 is 0. The van der Waals surface area contributed by atoms with Crippen molar-refractivity contribution in [3.05, 3.63) is 48.0 Å². The Balaban J connectivity index is 2.09. The number of para-hydroxylation sites is 1. The predicted octanol–water partition coefficient (Wildman–Crippen LogP) is 2.93. The van der Waals surface area contributed by atoms with Gasteiger partial charge in [0.25, 0.3) is 0 Å². The molecule has 2 aromatic rings.